The Morgan fingerprint density at radius 2 is 1.66 bits per heavy atom. The Morgan fingerprint density at radius 1 is 0.914 bits per heavy atom. The van der Waals surface area contributed by atoms with Crippen molar-refractivity contribution >= 4 is 29.0 Å². The summed E-state index contributed by atoms with van der Waals surface area (Å²) in [6, 6.07) is 21.4. The lowest BCUT2D eigenvalue weighted by molar-refractivity contribution is -0.133. The minimum absolute atomic E-state index is 0.00102. The summed E-state index contributed by atoms with van der Waals surface area (Å²) in [4.78, 5) is 32.5. The molecule has 0 unspecified atom stereocenters. The molecule has 0 spiro atoms. The number of thiophene rings is 1. The second kappa shape index (κ2) is 13.7. The summed E-state index contributed by atoms with van der Waals surface area (Å²) in [5, 5.41) is 2.98. The molecule has 3 amide bonds. The molecular formula is C28H35N3O3S. The Labute approximate surface area is 212 Å². The summed E-state index contributed by atoms with van der Waals surface area (Å²) in [6.45, 7) is 8.56. The SMILES string of the molecule is CCOCCCN(CC(=O)N(Cc1ccccc1)Cc1ccc(C)s1)C(=O)Nc1ccccc1C. The van der Waals surface area contributed by atoms with E-state index in [1.165, 1.54) is 4.88 Å². The van der Waals surface area contributed by atoms with Crippen molar-refractivity contribution in [2.24, 2.45) is 0 Å². The third-order valence-electron chi connectivity index (χ3n) is 5.63. The van der Waals surface area contributed by atoms with Crippen LogP contribution in [-0.2, 0) is 22.6 Å². The maximum atomic E-state index is 13.6. The second-order valence-electron chi connectivity index (χ2n) is 8.46. The largest absolute Gasteiger partial charge is 0.382 e. The fourth-order valence-electron chi connectivity index (χ4n) is 3.72. The van der Waals surface area contributed by atoms with Gasteiger partial charge in [-0.05, 0) is 56.5 Å². The summed E-state index contributed by atoms with van der Waals surface area (Å²) >= 11 is 1.69. The van der Waals surface area contributed by atoms with Gasteiger partial charge in [0.1, 0.15) is 6.54 Å². The van der Waals surface area contributed by atoms with Gasteiger partial charge in [-0.25, -0.2) is 4.79 Å². The minimum atomic E-state index is -0.282. The monoisotopic (exact) mass is 493 g/mol. The predicted molar refractivity (Wildman–Crippen MR) is 143 cm³/mol. The number of nitrogens with one attached hydrogen (secondary N) is 1. The van der Waals surface area contributed by atoms with Crippen LogP contribution in [0.15, 0.2) is 66.7 Å². The number of para-hydroxylation sites is 1. The van der Waals surface area contributed by atoms with E-state index in [4.69, 9.17) is 4.74 Å². The Hall–Kier alpha value is -3.16. The molecule has 3 aromatic rings. The van der Waals surface area contributed by atoms with Crippen molar-refractivity contribution in [2.45, 2.75) is 40.3 Å². The first-order valence-corrected chi connectivity index (χ1v) is 12.8. The van der Waals surface area contributed by atoms with Gasteiger partial charge in [0, 0.05) is 41.7 Å². The van der Waals surface area contributed by atoms with Crippen LogP contribution in [0.5, 0.6) is 0 Å². The van der Waals surface area contributed by atoms with Crippen LogP contribution in [0.25, 0.3) is 0 Å². The molecule has 0 aliphatic heterocycles. The molecule has 1 heterocycles. The van der Waals surface area contributed by atoms with E-state index in [0.717, 1.165) is 21.7 Å². The molecule has 1 aromatic heterocycles. The zero-order chi connectivity index (χ0) is 25.0. The maximum absolute atomic E-state index is 13.6. The van der Waals surface area contributed by atoms with Gasteiger partial charge in [0.2, 0.25) is 5.91 Å². The van der Waals surface area contributed by atoms with E-state index in [-0.39, 0.29) is 18.5 Å². The fourth-order valence-corrected chi connectivity index (χ4v) is 4.63. The van der Waals surface area contributed by atoms with E-state index >= 15 is 0 Å². The van der Waals surface area contributed by atoms with Crippen molar-refractivity contribution < 1.29 is 14.3 Å². The van der Waals surface area contributed by atoms with Gasteiger partial charge in [0.05, 0.1) is 6.54 Å². The first kappa shape index (κ1) is 26.4. The molecular weight excluding hydrogens is 458 g/mol. The smallest absolute Gasteiger partial charge is 0.322 e. The summed E-state index contributed by atoms with van der Waals surface area (Å²) in [5.74, 6) is -0.0868. The number of rotatable bonds is 12. The number of carbonyl (C=O) groups is 2. The van der Waals surface area contributed by atoms with Crippen molar-refractivity contribution in [3.8, 4) is 0 Å². The summed E-state index contributed by atoms with van der Waals surface area (Å²) in [5.41, 5.74) is 2.77. The average molecular weight is 494 g/mol. The fraction of sp³-hybridized carbons (Fsp3) is 0.357. The van der Waals surface area contributed by atoms with E-state index in [9.17, 15) is 9.59 Å². The van der Waals surface area contributed by atoms with Gasteiger partial charge in [-0.3, -0.25) is 4.79 Å². The molecule has 0 atom stereocenters. The van der Waals surface area contributed by atoms with E-state index in [1.54, 1.807) is 16.2 Å². The van der Waals surface area contributed by atoms with E-state index < -0.39 is 0 Å². The number of benzene rings is 2. The van der Waals surface area contributed by atoms with Crippen molar-refractivity contribution in [1.29, 1.82) is 0 Å². The van der Waals surface area contributed by atoms with Crippen LogP contribution in [0.3, 0.4) is 0 Å². The number of aryl methyl sites for hydroxylation is 2. The summed E-state index contributed by atoms with van der Waals surface area (Å²) < 4.78 is 5.46. The average Bonchev–Trinajstić information content (AvgIpc) is 3.27. The first-order chi connectivity index (χ1) is 17.0. The van der Waals surface area contributed by atoms with Crippen molar-refractivity contribution in [3.05, 3.63) is 87.6 Å². The number of carbonyl (C=O) groups excluding carboxylic acids is 2. The number of hydrogen-bond donors (Lipinski definition) is 1. The second-order valence-corrected chi connectivity index (χ2v) is 9.84. The highest BCUT2D eigenvalue weighted by Gasteiger charge is 2.22. The zero-order valence-corrected chi connectivity index (χ0v) is 21.6. The molecule has 3 rings (SSSR count). The number of ether oxygens (including phenoxy) is 1. The Kier molecular flexibility index (Phi) is 10.3. The van der Waals surface area contributed by atoms with Crippen LogP contribution in [0.4, 0.5) is 10.5 Å². The van der Waals surface area contributed by atoms with Crippen LogP contribution >= 0.6 is 11.3 Å². The summed E-state index contributed by atoms with van der Waals surface area (Å²) in [6.07, 6.45) is 0.658. The first-order valence-electron chi connectivity index (χ1n) is 12.0. The van der Waals surface area contributed by atoms with Gasteiger partial charge in [0.25, 0.3) is 0 Å². The van der Waals surface area contributed by atoms with E-state index in [0.29, 0.717) is 39.3 Å². The third-order valence-corrected chi connectivity index (χ3v) is 6.62. The number of urea groups is 1. The Bertz CT molecular complexity index is 1080. The summed E-state index contributed by atoms with van der Waals surface area (Å²) in [7, 11) is 0. The lowest BCUT2D eigenvalue weighted by Gasteiger charge is -2.28. The number of hydrogen-bond acceptors (Lipinski definition) is 4. The normalized spacial score (nSPS) is 10.7. The molecule has 0 saturated carbocycles. The van der Waals surface area contributed by atoms with Gasteiger partial charge in [-0.15, -0.1) is 11.3 Å². The molecule has 0 radical (unpaired) electrons. The molecule has 7 heteroatoms. The Morgan fingerprint density at radius 3 is 2.34 bits per heavy atom. The van der Waals surface area contributed by atoms with Crippen LogP contribution in [0, 0.1) is 13.8 Å². The quantitative estimate of drug-likeness (QED) is 0.322. The van der Waals surface area contributed by atoms with Gasteiger partial charge in [-0.1, -0.05) is 48.5 Å². The molecule has 0 aliphatic rings. The highest BCUT2D eigenvalue weighted by Crippen LogP contribution is 2.19. The Balaban J connectivity index is 1.75. The minimum Gasteiger partial charge on any atom is -0.382 e. The molecule has 0 bridgehead atoms. The third kappa shape index (κ3) is 8.53. The molecule has 0 aliphatic carbocycles. The lowest BCUT2D eigenvalue weighted by atomic mass is 10.2. The predicted octanol–water partition coefficient (Wildman–Crippen LogP) is 5.85. The van der Waals surface area contributed by atoms with Crippen molar-refractivity contribution in [3.63, 3.8) is 0 Å². The number of nitrogens with zero attached hydrogens (tertiary/aromatic N) is 2. The maximum Gasteiger partial charge on any atom is 0.322 e. The zero-order valence-electron chi connectivity index (χ0n) is 20.8. The van der Waals surface area contributed by atoms with Crippen molar-refractivity contribution in [2.75, 3.05) is 31.6 Å². The van der Waals surface area contributed by atoms with Gasteiger partial charge < -0.3 is 19.9 Å². The lowest BCUT2D eigenvalue weighted by Crippen LogP contribution is -2.44. The van der Waals surface area contributed by atoms with Crippen LogP contribution < -0.4 is 5.32 Å². The molecule has 0 saturated heterocycles. The molecule has 186 valence electrons. The topological polar surface area (TPSA) is 61.9 Å². The number of amides is 3. The van der Waals surface area contributed by atoms with E-state index in [1.807, 2.05) is 73.3 Å². The molecule has 0 fully saturated rings. The highest BCUT2D eigenvalue weighted by molar-refractivity contribution is 7.11. The molecule has 2 aromatic carbocycles. The van der Waals surface area contributed by atoms with Gasteiger partial charge in [0.15, 0.2) is 0 Å². The number of anilines is 1. The molecule has 1 N–H and O–H groups in total. The van der Waals surface area contributed by atoms with Crippen LogP contribution in [-0.4, -0.2) is 48.0 Å². The highest BCUT2D eigenvalue weighted by atomic mass is 32.1. The van der Waals surface area contributed by atoms with Crippen molar-refractivity contribution in [1.82, 2.24) is 9.80 Å². The molecule has 6 nitrogen and oxygen atoms in total. The van der Waals surface area contributed by atoms with E-state index in [2.05, 4.69) is 24.4 Å². The molecule has 35 heavy (non-hydrogen) atoms. The van der Waals surface area contributed by atoms with Crippen LogP contribution in [0.2, 0.25) is 0 Å². The van der Waals surface area contributed by atoms with Gasteiger partial charge in [-0.2, -0.15) is 0 Å². The standard InChI is InChI=1S/C28H35N3O3S/c1-4-34-18-10-17-30(28(33)29-26-14-9-8-11-22(26)2)21-27(32)31(19-24-12-6-5-7-13-24)20-25-16-15-23(3)35-25/h5-9,11-16H,4,10,17-21H2,1-3H3,(H,29,33). The van der Waals surface area contributed by atoms with Crippen LogP contribution in [0.1, 0.15) is 34.2 Å². The van der Waals surface area contributed by atoms with Gasteiger partial charge >= 0.3 is 6.03 Å².